The molecule has 1 unspecified atom stereocenters. The van der Waals surface area contributed by atoms with Crippen LogP contribution in [0.2, 0.25) is 0 Å². The highest BCUT2D eigenvalue weighted by Gasteiger charge is 2.12. The SMILES string of the molecule is CCC(C)CSC1=CC(=O)CC1. The first-order chi connectivity index (χ1) is 5.72. The molecule has 1 atom stereocenters. The Morgan fingerprint density at radius 3 is 2.83 bits per heavy atom. The van der Waals surface area contributed by atoms with Gasteiger partial charge < -0.3 is 0 Å². The molecule has 0 aromatic heterocycles. The fourth-order valence-electron chi connectivity index (χ4n) is 1.05. The Morgan fingerprint density at radius 2 is 2.33 bits per heavy atom. The van der Waals surface area contributed by atoms with Crippen LogP contribution in [0.3, 0.4) is 0 Å². The fraction of sp³-hybridized carbons (Fsp3) is 0.700. The van der Waals surface area contributed by atoms with Gasteiger partial charge >= 0.3 is 0 Å². The van der Waals surface area contributed by atoms with Crippen molar-refractivity contribution in [2.45, 2.75) is 33.1 Å². The van der Waals surface area contributed by atoms with Crippen LogP contribution in [0.15, 0.2) is 11.0 Å². The summed E-state index contributed by atoms with van der Waals surface area (Å²) in [6.45, 7) is 4.46. The van der Waals surface area contributed by atoms with E-state index in [1.165, 1.54) is 11.3 Å². The quantitative estimate of drug-likeness (QED) is 0.668. The van der Waals surface area contributed by atoms with Gasteiger partial charge in [0, 0.05) is 12.2 Å². The molecule has 0 aromatic rings. The van der Waals surface area contributed by atoms with Gasteiger partial charge in [-0.15, -0.1) is 11.8 Å². The molecule has 0 heterocycles. The number of carbonyl (C=O) groups is 1. The standard InChI is InChI=1S/C10H16OS/c1-3-8(2)7-12-10-5-4-9(11)6-10/h6,8H,3-5,7H2,1-2H3. The van der Waals surface area contributed by atoms with Crippen LogP contribution >= 0.6 is 11.8 Å². The van der Waals surface area contributed by atoms with Crippen LogP contribution in [0, 0.1) is 5.92 Å². The van der Waals surface area contributed by atoms with E-state index in [0.717, 1.165) is 24.5 Å². The second kappa shape index (κ2) is 4.70. The maximum absolute atomic E-state index is 10.9. The van der Waals surface area contributed by atoms with E-state index in [1.54, 1.807) is 0 Å². The summed E-state index contributed by atoms with van der Waals surface area (Å²) in [5.41, 5.74) is 0. The van der Waals surface area contributed by atoms with Crippen molar-refractivity contribution in [2.24, 2.45) is 5.92 Å². The molecule has 1 nitrogen and oxygen atoms in total. The Bertz CT molecular complexity index is 196. The Labute approximate surface area is 78.6 Å². The lowest BCUT2D eigenvalue weighted by molar-refractivity contribution is -0.114. The van der Waals surface area contributed by atoms with Crippen LogP contribution in [0.5, 0.6) is 0 Å². The first-order valence-electron chi connectivity index (χ1n) is 4.58. The molecule has 0 saturated carbocycles. The van der Waals surface area contributed by atoms with E-state index < -0.39 is 0 Å². The molecule has 1 aliphatic rings. The van der Waals surface area contributed by atoms with Gasteiger partial charge in [0.1, 0.15) is 0 Å². The summed E-state index contributed by atoms with van der Waals surface area (Å²) in [5, 5.41) is 0. The van der Waals surface area contributed by atoms with Crippen LogP contribution in [0.1, 0.15) is 33.1 Å². The normalized spacial score (nSPS) is 19.5. The largest absolute Gasteiger partial charge is 0.295 e. The number of thioether (sulfide) groups is 1. The monoisotopic (exact) mass is 184 g/mol. The molecule has 0 aliphatic heterocycles. The number of hydrogen-bond donors (Lipinski definition) is 0. The maximum atomic E-state index is 10.9. The summed E-state index contributed by atoms with van der Waals surface area (Å²) in [5.74, 6) is 2.24. The van der Waals surface area contributed by atoms with E-state index in [4.69, 9.17) is 0 Å². The van der Waals surface area contributed by atoms with Gasteiger partial charge in [-0.3, -0.25) is 4.79 Å². The predicted octanol–water partition coefficient (Wildman–Crippen LogP) is 3.01. The van der Waals surface area contributed by atoms with Gasteiger partial charge in [0.25, 0.3) is 0 Å². The van der Waals surface area contributed by atoms with Crippen LogP contribution in [0.25, 0.3) is 0 Å². The lowest BCUT2D eigenvalue weighted by Gasteiger charge is -2.07. The lowest BCUT2D eigenvalue weighted by atomic mass is 10.2. The first-order valence-corrected chi connectivity index (χ1v) is 5.57. The smallest absolute Gasteiger partial charge is 0.156 e. The molecule has 0 fully saturated rings. The summed E-state index contributed by atoms with van der Waals surface area (Å²) in [4.78, 5) is 12.2. The zero-order chi connectivity index (χ0) is 8.97. The highest BCUT2D eigenvalue weighted by atomic mass is 32.2. The third kappa shape index (κ3) is 3.02. The third-order valence-corrected chi connectivity index (χ3v) is 3.62. The zero-order valence-corrected chi connectivity index (χ0v) is 8.62. The molecule has 1 aliphatic carbocycles. The van der Waals surface area contributed by atoms with Crippen molar-refractivity contribution < 1.29 is 4.79 Å². The molecule has 2 heteroatoms. The molecule has 0 N–H and O–H groups in total. The van der Waals surface area contributed by atoms with Crippen molar-refractivity contribution in [2.75, 3.05) is 5.75 Å². The molecule has 0 aromatic carbocycles. The van der Waals surface area contributed by atoms with Crippen LogP contribution < -0.4 is 0 Å². The third-order valence-electron chi connectivity index (χ3n) is 2.19. The molecular weight excluding hydrogens is 168 g/mol. The Balaban J connectivity index is 2.24. The van der Waals surface area contributed by atoms with E-state index >= 15 is 0 Å². The molecule has 0 radical (unpaired) electrons. The molecule has 12 heavy (non-hydrogen) atoms. The Hall–Kier alpha value is -0.240. The minimum Gasteiger partial charge on any atom is -0.295 e. The number of carbonyl (C=O) groups excluding carboxylic acids is 1. The number of ketones is 1. The van der Waals surface area contributed by atoms with Gasteiger partial charge in [-0.05, 0) is 23.3 Å². The van der Waals surface area contributed by atoms with E-state index in [2.05, 4.69) is 13.8 Å². The average molecular weight is 184 g/mol. The minimum atomic E-state index is 0.307. The predicted molar refractivity (Wildman–Crippen MR) is 54.2 cm³/mol. The fourth-order valence-corrected chi connectivity index (χ4v) is 2.25. The van der Waals surface area contributed by atoms with Gasteiger partial charge in [0.15, 0.2) is 5.78 Å². The van der Waals surface area contributed by atoms with Crippen molar-refractivity contribution >= 4 is 17.5 Å². The van der Waals surface area contributed by atoms with Crippen LogP contribution in [0.4, 0.5) is 0 Å². The van der Waals surface area contributed by atoms with E-state index in [1.807, 2.05) is 17.8 Å². The van der Waals surface area contributed by atoms with Crippen molar-refractivity contribution in [1.29, 1.82) is 0 Å². The highest BCUT2D eigenvalue weighted by Crippen LogP contribution is 2.28. The highest BCUT2D eigenvalue weighted by molar-refractivity contribution is 8.03. The number of hydrogen-bond acceptors (Lipinski definition) is 2. The summed E-state index contributed by atoms with van der Waals surface area (Å²) in [7, 11) is 0. The Morgan fingerprint density at radius 1 is 1.58 bits per heavy atom. The minimum absolute atomic E-state index is 0.307. The first kappa shape index (κ1) is 9.85. The summed E-state index contributed by atoms with van der Waals surface area (Å²) in [6.07, 6.45) is 4.77. The molecule has 0 spiro atoms. The molecule has 1 rings (SSSR count). The molecular formula is C10H16OS. The van der Waals surface area contributed by atoms with Gasteiger partial charge in [0.05, 0.1) is 0 Å². The van der Waals surface area contributed by atoms with E-state index in [-0.39, 0.29) is 0 Å². The second-order valence-corrected chi connectivity index (χ2v) is 4.55. The maximum Gasteiger partial charge on any atom is 0.156 e. The van der Waals surface area contributed by atoms with Crippen molar-refractivity contribution in [3.05, 3.63) is 11.0 Å². The number of rotatable bonds is 4. The van der Waals surface area contributed by atoms with Gasteiger partial charge in [-0.2, -0.15) is 0 Å². The lowest BCUT2D eigenvalue weighted by Crippen LogP contribution is -1.94. The van der Waals surface area contributed by atoms with Gasteiger partial charge in [-0.25, -0.2) is 0 Å². The summed E-state index contributed by atoms with van der Waals surface area (Å²) < 4.78 is 0. The van der Waals surface area contributed by atoms with Gasteiger partial charge in [0.2, 0.25) is 0 Å². The van der Waals surface area contributed by atoms with Crippen LogP contribution in [-0.2, 0) is 4.79 Å². The summed E-state index contributed by atoms with van der Waals surface area (Å²) in [6, 6.07) is 0. The van der Waals surface area contributed by atoms with Gasteiger partial charge in [-0.1, -0.05) is 20.3 Å². The molecule has 68 valence electrons. The summed E-state index contributed by atoms with van der Waals surface area (Å²) >= 11 is 1.86. The second-order valence-electron chi connectivity index (χ2n) is 3.40. The molecule has 0 saturated heterocycles. The molecule has 0 amide bonds. The Kier molecular flexibility index (Phi) is 3.86. The number of allylic oxidation sites excluding steroid dienone is 2. The van der Waals surface area contributed by atoms with Crippen molar-refractivity contribution in [3.8, 4) is 0 Å². The van der Waals surface area contributed by atoms with Crippen molar-refractivity contribution in [1.82, 2.24) is 0 Å². The van der Waals surface area contributed by atoms with E-state index in [9.17, 15) is 4.79 Å². The molecule has 0 bridgehead atoms. The van der Waals surface area contributed by atoms with Crippen LogP contribution in [-0.4, -0.2) is 11.5 Å². The topological polar surface area (TPSA) is 17.1 Å². The average Bonchev–Trinajstić information content (AvgIpc) is 2.47. The zero-order valence-electron chi connectivity index (χ0n) is 7.80. The van der Waals surface area contributed by atoms with Crippen molar-refractivity contribution in [3.63, 3.8) is 0 Å². The van der Waals surface area contributed by atoms with E-state index in [0.29, 0.717) is 5.78 Å².